The quantitative estimate of drug-likeness (QED) is 0.597. The molecule has 2 aromatic carbocycles. The molecule has 35 heavy (non-hydrogen) atoms. The van der Waals surface area contributed by atoms with Crippen LogP contribution in [0.3, 0.4) is 0 Å². The Morgan fingerprint density at radius 3 is 2.23 bits per heavy atom. The van der Waals surface area contributed by atoms with Crippen molar-refractivity contribution in [2.75, 3.05) is 43.9 Å². The fourth-order valence-corrected chi connectivity index (χ4v) is 5.63. The van der Waals surface area contributed by atoms with Crippen molar-refractivity contribution in [3.8, 4) is 0 Å². The van der Waals surface area contributed by atoms with Gasteiger partial charge in [0.2, 0.25) is 10.0 Å². The number of hydrogen-bond acceptors (Lipinski definition) is 5. The number of halogens is 1. The molecule has 1 fully saturated rings. The summed E-state index contributed by atoms with van der Waals surface area (Å²) in [4.78, 5) is 16.9. The number of rotatable bonds is 6. The van der Waals surface area contributed by atoms with Crippen molar-refractivity contribution in [3.63, 3.8) is 0 Å². The maximum absolute atomic E-state index is 12.0. The lowest BCUT2D eigenvalue weighted by molar-refractivity contribution is 0.0981. The van der Waals surface area contributed by atoms with Crippen LogP contribution in [0.4, 0.5) is 5.69 Å². The Hall–Kier alpha value is -2.35. The predicted octanol–water partition coefficient (Wildman–Crippen LogP) is 4.82. The van der Waals surface area contributed by atoms with Crippen molar-refractivity contribution in [2.24, 2.45) is 5.41 Å². The first-order valence-electron chi connectivity index (χ1n) is 12.1. The number of hydrogen-bond donors (Lipinski definition) is 1. The molecule has 0 atom stereocenters. The number of sulfonamides is 1. The van der Waals surface area contributed by atoms with Crippen LogP contribution in [0.15, 0.2) is 54.1 Å². The van der Waals surface area contributed by atoms with Crippen LogP contribution in [0.5, 0.6) is 0 Å². The molecule has 1 amide bonds. The van der Waals surface area contributed by atoms with Gasteiger partial charge in [-0.25, -0.2) is 13.1 Å². The number of nitrogens with zero attached hydrogens (tertiary/aromatic N) is 2. The van der Waals surface area contributed by atoms with Crippen LogP contribution in [0.25, 0.3) is 5.57 Å². The fourth-order valence-electron chi connectivity index (χ4n) is 5.05. The van der Waals surface area contributed by atoms with Gasteiger partial charge in [-0.1, -0.05) is 43.2 Å². The van der Waals surface area contributed by atoms with Gasteiger partial charge >= 0.3 is 0 Å². The van der Waals surface area contributed by atoms with Crippen LogP contribution in [0.2, 0.25) is 5.02 Å². The Morgan fingerprint density at radius 1 is 1.00 bits per heavy atom. The van der Waals surface area contributed by atoms with Gasteiger partial charge in [0.25, 0.3) is 5.91 Å². The van der Waals surface area contributed by atoms with Gasteiger partial charge in [0.05, 0.1) is 6.26 Å². The molecule has 1 heterocycles. The van der Waals surface area contributed by atoms with E-state index in [0.29, 0.717) is 11.0 Å². The van der Waals surface area contributed by atoms with E-state index in [1.807, 2.05) is 29.0 Å². The molecule has 4 rings (SSSR count). The highest BCUT2D eigenvalue weighted by Crippen LogP contribution is 2.42. The van der Waals surface area contributed by atoms with Crippen LogP contribution in [0.1, 0.15) is 49.0 Å². The van der Waals surface area contributed by atoms with Crippen molar-refractivity contribution in [1.29, 1.82) is 0 Å². The molecule has 1 aliphatic carbocycles. The van der Waals surface area contributed by atoms with E-state index in [1.165, 1.54) is 17.6 Å². The number of benzene rings is 2. The molecule has 0 bridgehead atoms. The monoisotopic (exact) mass is 515 g/mol. The Bertz CT molecular complexity index is 1200. The second kappa shape index (κ2) is 10.3. The highest BCUT2D eigenvalue weighted by molar-refractivity contribution is 7.89. The van der Waals surface area contributed by atoms with E-state index in [2.05, 4.69) is 35.8 Å². The Balaban J connectivity index is 1.40. The van der Waals surface area contributed by atoms with Crippen LogP contribution in [-0.4, -0.2) is 58.2 Å². The summed E-state index contributed by atoms with van der Waals surface area (Å²) in [6, 6.07) is 15.4. The smallest absolute Gasteiger partial charge is 0.264 e. The van der Waals surface area contributed by atoms with E-state index in [4.69, 9.17) is 11.6 Å². The first-order chi connectivity index (χ1) is 16.5. The van der Waals surface area contributed by atoms with Crippen LogP contribution in [-0.2, 0) is 10.0 Å². The molecule has 0 unspecified atom stereocenters. The number of carbonyl (C=O) groups excluding carboxylic acids is 1. The molecule has 2 aromatic rings. The second-order valence-electron chi connectivity index (χ2n) is 10.4. The molecule has 1 N–H and O–H groups in total. The van der Waals surface area contributed by atoms with Gasteiger partial charge < -0.3 is 4.90 Å². The van der Waals surface area contributed by atoms with Crippen LogP contribution in [0, 0.1) is 5.41 Å². The van der Waals surface area contributed by atoms with Crippen molar-refractivity contribution < 1.29 is 13.2 Å². The third-order valence-corrected chi connectivity index (χ3v) is 7.73. The lowest BCUT2D eigenvalue weighted by Gasteiger charge is -2.39. The van der Waals surface area contributed by atoms with Crippen molar-refractivity contribution in [2.45, 2.75) is 33.1 Å². The fraction of sp³-hybridized carbons (Fsp3) is 0.444. The molecule has 0 spiro atoms. The Morgan fingerprint density at radius 2 is 1.63 bits per heavy atom. The minimum Gasteiger partial charge on any atom is -0.369 e. The van der Waals surface area contributed by atoms with E-state index >= 15 is 0 Å². The number of amides is 1. The number of piperazine rings is 1. The lowest BCUT2D eigenvalue weighted by Crippen LogP contribution is -2.47. The third-order valence-electron chi connectivity index (χ3n) is 6.92. The molecule has 0 saturated carbocycles. The topological polar surface area (TPSA) is 69.7 Å². The summed E-state index contributed by atoms with van der Waals surface area (Å²) >= 11 is 6.13. The summed E-state index contributed by atoms with van der Waals surface area (Å²) in [6.07, 6.45) is 4.38. The molecule has 8 heteroatoms. The summed E-state index contributed by atoms with van der Waals surface area (Å²) < 4.78 is 24.6. The first-order valence-corrected chi connectivity index (χ1v) is 14.3. The standard InChI is InChI=1S/C27H34ClN3O3S/c1-27(2)13-12-25(20-4-8-23(28)9-5-20)22(18-27)19-30-14-16-31(17-15-30)24-10-6-21(7-11-24)26(32)29-35(3,33)34/h4-11H,12-19H2,1-3H3,(H,29,32). The van der Waals surface area contributed by atoms with Crippen molar-refractivity contribution in [3.05, 3.63) is 70.3 Å². The zero-order chi connectivity index (χ0) is 25.2. The van der Waals surface area contributed by atoms with E-state index < -0.39 is 15.9 Å². The largest absolute Gasteiger partial charge is 0.369 e. The van der Waals surface area contributed by atoms with E-state index in [0.717, 1.165) is 62.5 Å². The van der Waals surface area contributed by atoms with Gasteiger partial charge in [-0.05, 0) is 72.2 Å². The molecule has 0 radical (unpaired) electrons. The summed E-state index contributed by atoms with van der Waals surface area (Å²) in [5, 5.41) is 0.771. The van der Waals surface area contributed by atoms with Gasteiger partial charge in [0, 0.05) is 49.0 Å². The summed E-state index contributed by atoms with van der Waals surface area (Å²) in [5.41, 5.74) is 6.00. The summed E-state index contributed by atoms with van der Waals surface area (Å²) in [7, 11) is -3.58. The summed E-state index contributed by atoms with van der Waals surface area (Å²) in [6.45, 7) is 9.46. The number of carbonyl (C=O) groups is 1. The zero-order valence-electron chi connectivity index (χ0n) is 20.7. The van der Waals surface area contributed by atoms with Crippen molar-refractivity contribution >= 4 is 38.8 Å². The molecule has 0 aromatic heterocycles. The van der Waals surface area contributed by atoms with E-state index in [1.54, 1.807) is 17.7 Å². The maximum Gasteiger partial charge on any atom is 0.264 e. The van der Waals surface area contributed by atoms with E-state index in [-0.39, 0.29) is 0 Å². The second-order valence-corrected chi connectivity index (χ2v) is 12.6. The Labute approximate surface area is 214 Å². The van der Waals surface area contributed by atoms with Crippen molar-refractivity contribution in [1.82, 2.24) is 9.62 Å². The van der Waals surface area contributed by atoms with Gasteiger partial charge in [0.15, 0.2) is 0 Å². The molecule has 188 valence electrons. The zero-order valence-corrected chi connectivity index (χ0v) is 22.3. The Kier molecular flexibility index (Phi) is 7.60. The molecule has 2 aliphatic rings. The van der Waals surface area contributed by atoms with Gasteiger partial charge in [-0.15, -0.1) is 0 Å². The molecular formula is C27H34ClN3O3S. The van der Waals surface area contributed by atoms with Gasteiger partial charge in [-0.3, -0.25) is 9.69 Å². The predicted molar refractivity (Wildman–Crippen MR) is 143 cm³/mol. The van der Waals surface area contributed by atoms with E-state index in [9.17, 15) is 13.2 Å². The van der Waals surface area contributed by atoms with Crippen LogP contribution >= 0.6 is 11.6 Å². The number of nitrogens with one attached hydrogen (secondary N) is 1. The molecular weight excluding hydrogens is 482 g/mol. The van der Waals surface area contributed by atoms with Gasteiger partial charge in [0.1, 0.15) is 0 Å². The maximum atomic E-state index is 12.0. The molecule has 6 nitrogen and oxygen atoms in total. The summed E-state index contributed by atoms with van der Waals surface area (Å²) in [5.74, 6) is -0.607. The number of anilines is 1. The van der Waals surface area contributed by atoms with Crippen LogP contribution < -0.4 is 9.62 Å². The average Bonchev–Trinajstić information content (AvgIpc) is 2.79. The highest BCUT2D eigenvalue weighted by atomic mass is 35.5. The molecule has 1 aliphatic heterocycles. The number of allylic oxidation sites excluding steroid dienone is 1. The van der Waals surface area contributed by atoms with Gasteiger partial charge in [-0.2, -0.15) is 0 Å². The minimum absolute atomic E-state index is 0.318. The SMILES string of the molecule is CC1(C)CCC(c2ccc(Cl)cc2)=C(CN2CCN(c3ccc(C(=O)NS(C)(=O)=O)cc3)CC2)C1. The third kappa shape index (κ3) is 6.87. The molecule has 1 saturated heterocycles. The lowest BCUT2D eigenvalue weighted by atomic mass is 9.73. The normalized spacial score (nSPS) is 19.0. The minimum atomic E-state index is -3.58. The first kappa shape index (κ1) is 25.7. The highest BCUT2D eigenvalue weighted by Gasteiger charge is 2.29. The average molecular weight is 516 g/mol.